The van der Waals surface area contributed by atoms with Crippen LogP contribution in [0.2, 0.25) is 0 Å². The van der Waals surface area contributed by atoms with Gasteiger partial charge >= 0.3 is 5.97 Å². The molecule has 0 aromatic carbocycles. The van der Waals surface area contributed by atoms with Crippen LogP contribution in [0.1, 0.15) is 64.7 Å². The first kappa shape index (κ1) is 23.1. The van der Waals surface area contributed by atoms with E-state index in [0.717, 1.165) is 44.9 Å². The van der Waals surface area contributed by atoms with E-state index in [1.165, 1.54) is 0 Å². The van der Waals surface area contributed by atoms with E-state index < -0.39 is 12.1 Å². The summed E-state index contributed by atoms with van der Waals surface area (Å²) in [6.45, 7) is 2.13. The highest BCUT2D eigenvalue weighted by Gasteiger charge is 1.96. The molecular formula is C22H34O3. The number of aliphatic carboxylic acids is 1. The molecule has 3 heteroatoms. The molecule has 0 fully saturated rings. The molecule has 0 heterocycles. The SMILES string of the molecule is CC/C=C\C/C=C\C/C=C\C=C/C(O)C/C=C\CCCCCC(=O)O. The molecule has 0 saturated carbocycles. The molecule has 140 valence electrons. The van der Waals surface area contributed by atoms with E-state index in [2.05, 4.69) is 43.4 Å². The lowest BCUT2D eigenvalue weighted by Crippen LogP contribution is -1.98. The summed E-state index contributed by atoms with van der Waals surface area (Å²) in [7, 11) is 0. The molecule has 25 heavy (non-hydrogen) atoms. The third-order valence-electron chi connectivity index (χ3n) is 3.50. The molecule has 1 atom stereocenters. The fourth-order valence-electron chi connectivity index (χ4n) is 2.11. The van der Waals surface area contributed by atoms with E-state index >= 15 is 0 Å². The van der Waals surface area contributed by atoms with Gasteiger partial charge < -0.3 is 10.2 Å². The zero-order valence-electron chi connectivity index (χ0n) is 15.5. The Bertz CT molecular complexity index is 456. The van der Waals surface area contributed by atoms with Gasteiger partial charge in [-0.05, 0) is 44.9 Å². The summed E-state index contributed by atoms with van der Waals surface area (Å²) in [5.41, 5.74) is 0. The molecule has 1 unspecified atom stereocenters. The number of unbranched alkanes of at least 4 members (excludes halogenated alkanes) is 3. The number of hydrogen-bond donors (Lipinski definition) is 2. The van der Waals surface area contributed by atoms with Crippen molar-refractivity contribution in [3.05, 3.63) is 60.8 Å². The molecule has 0 aliphatic carbocycles. The van der Waals surface area contributed by atoms with Gasteiger partial charge in [0.25, 0.3) is 0 Å². The maximum Gasteiger partial charge on any atom is 0.303 e. The third-order valence-corrected chi connectivity index (χ3v) is 3.50. The quantitative estimate of drug-likeness (QED) is 0.226. The van der Waals surface area contributed by atoms with Crippen LogP contribution in [-0.2, 0) is 4.79 Å². The molecule has 0 aliphatic heterocycles. The minimum absolute atomic E-state index is 0.256. The summed E-state index contributed by atoms with van der Waals surface area (Å²) in [5, 5.41) is 18.3. The van der Waals surface area contributed by atoms with Gasteiger partial charge in [-0.1, -0.05) is 74.1 Å². The predicted molar refractivity (Wildman–Crippen MR) is 107 cm³/mol. The molecule has 0 aromatic rings. The van der Waals surface area contributed by atoms with Crippen LogP contribution in [0.4, 0.5) is 0 Å². The van der Waals surface area contributed by atoms with E-state index in [1.54, 1.807) is 6.08 Å². The van der Waals surface area contributed by atoms with Gasteiger partial charge in [0.1, 0.15) is 0 Å². The molecule has 0 bridgehead atoms. The van der Waals surface area contributed by atoms with Gasteiger partial charge in [-0.15, -0.1) is 0 Å². The highest BCUT2D eigenvalue weighted by atomic mass is 16.4. The van der Waals surface area contributed by atoms with Crippen molar-refractivity contribution in [2.24, 2.45) is 0 Å². The van der Waals surface area contributed by atoms with Crippen molar-refractivity contribution in [3.63, 3.8) is 0 Å². The van der Waals surface area contributed by atoms with Gasteiger partial charge in [0.15, 0.2) is 0 Å². The van der Waals surface area contributed by atoms with Crippen LogP contribution in [0.15, 0.2) is 60.8 Å². The first-order valence-corrected chi connectivity index (χ1v) is 9.35. The van der Waals surface area contributed by atoms with Gasteiger partial charge in [0.2, 0.25) is 0 Å². The standard InChI is InChI=1S/C22H34O3/c1-2-3-4-5-6-7-8-9-12-15-18-21(23)19-16-13-10-11-14-17-20-22(24)25/h3-4,6-7,9,12-13,15-16,18,21,23H,2,5,8,10-11,14,17,19-20H2,1H3,(H,24,25)/b4-3-,7-6-,12-9-,16-13-,18-15-. The molecule has 0 aromatic heterocycles. The van der Waals surface area contributed by atoms with Crippen LogP contribution in [-0.4, -0.2) is 22.3 Å². The second-order valence-electron chi connectivity index (χ2n) is 5.90. The normalized spacial score (nSPS) is 14.0. The fourth-order valence-corrected chi connectivity index (χ4v) is 2.11. The number of aliphatic hydroxyl groups is 1. The number of rotatable bonds is 15. The molecule has 0 amide bonds. The highest BCUT2D eigenvalue weighted by molar-refractivity contribution is 5.66. The van der Waals surface area contributed by atoms with Crippen molar-refractivity contribution in [1.29, 1.82) is 0 Å². The van der Waals surface area contributed by atoms with Crippen LogP contribution in [0.3, 0.4) is 0 Å². The van der Waals surface area contributed by atoms with Crippen LogP contribution in [0.5, 0.6) is 0 Å². The Morgan fingerprint density at radius 1 is 0.880 bits per heavy atom. The van der Waals surface area contributed by atoms with Crippen molar-refractivity contribution in [3.8, 4) is 0 Å². The first-order valence-electron chi connectivity index (χ1n) is 9.35. The van der Waals surface area contributed by atoms with E-state index in [-0.39, 0.29) is 6.42 Å². The third kappa shape index (κ3) is 20.1. The van der Waals surface area contributed by atoms with Crippen LogP contribution < -0.4 is 0 Å². The maximum atomic E-state index is 10.4. The van der Waals surface area contributed by atoms with Crippen LogP contribution in [0, 0.1) is 0 Å². The van der Waals surface area contributed by atoms with Gasteiger partial charge in [-0.3, -0.25) is 4.79 Å². The van der Waals surface area contributed by atoms with Crippen LogP contribution in [0.25, 0.3) is 0 Å². The van der Waals surface area contributed by atoms with Crippen molar-refractivity contribution in [1.82, 2.24) is 0 Å². The minimum Gasteiger partial charge on any atom is -0.481 e. The van der Waals surface area contributed by atoms with E-state index in [9.17, 15) is 9.90 Å². The smallest absolute Gasteiger partial charge is 0.303 e. The summed E-state index contributed by atoms with van der Waals surface area (Å²) in [5.74, 6) is -0.723. The van der Waals surface area contributed by atoms with E-state index in [0.29, 0.717) is 6.42 Å². The number of hydrogen-bond acceptors (Lipinski definition) is 2. The topological polar surface area (TPSA) is 57.5 Å². The first-order chi connectivity index (χ1) is 12.2. The van der Waals surface area contributed by atoms with Crippen LogP contribution >= 0.6 is 0 Å². The predicted octanol–water partition coefficient (Wildman–Crippen LogP) is 5.74. The molecule has 0 radical (unpaired) electrons. The van der Waals surface area contributed by atoms with Gasteiger partial charge in [-0.2, -0.15) is 0 Å². The summed E-state index contributed by atoms with van der Waals surface area (Å²) < 4.78 is 0. The van der Waals surface area contributed by atoms with Gasteiger partial charge in [0.05, 0.1) is 6.10 Å². The summed E-state index contributed by atoms with van der Waals surface area (Å²) in [4.78, 5) is 10.4. The Balaban J connectivity index is 3.63. The summed E-state index contributed by atoms with van der Waals surface area (Å²) >= 11 is 0. The van der Waals surface area contributed by atoms with E-state index in [1.807, 2.05) is 18.2 Å². The lowest BCUT2D eigenvalue weighted by molar-refractivity contribution is -0.137. The van der Waals surface area contributed by atoms with Crippen molar-refractivity contribution in [2.45, 2.75) is 70.8 Å². The minimum atomic E-state index is -0.723. The average molecular weight is 347 g/mol. The maximum absolute atomic E-state index is 10.4. The highest BCUT2D eigenvalue weighted by Crippen LogP contribution is 2.05. The summed E-state index contributed by atoms with van der Waals surface area (Å²) in [6, 6.07) is 0. The molecule has 0 saturated heterocycles. The van der Waals surface area contributed by atoms with Crippen molar-refractivity contribution >= 4 is 5.97 Å². The second kappa shape index (κ2) is 18.5. The number of carboxylic acid groups (broad SMARTS) is 1. The van der Waals surface area contributed by atoms with Gasteiger partial charge in [0, 0.05) is 6.42 Å². The lowest BCUT2D eigenvalue weighted by Gasteiger charge is -1.99. The fraction of sp³-hybridized carbons (Fsp3) is 0.500. The van der Waals surface area contributed by atoms with Crippen molar-refractivity contribution < 1.29 is 15.0 Å². The second-order valence-corrected chi connectivity index (χ2v) is 5.90. The molecular weight excluding hydrogens is 312 g/mol. The zero-order chi connectivity index (χ0) is 18.6. The Kier molecular flexibility index (Phi) is 17.1. The molecule has 3 nitrogen and oxygen atoms in total. The summed E-state index contributed by atoms with van der Waals surface area (Å²) in [6.07, 6.45) is 27.4. The van der Waals surface area contributed by atoms with Gasteiger partial charge in [-0.25, -0.2) is 0 Å². The molecule has 2 N–H and O–H groups in total. The number of carboxylic acids is 1. The monoisotopic (exact) mass is 346 g/mol. The molecule has 0 rings (SSSR count). The average Bonchev–Trinajstić information content (AvgIpc) is 2.58. The van der Waals surface area contributed by atoms with E-state index in [4.69, 9.17) is 5.11 Å². The number of allylic oxidation sites excluding steroid dienone is 8. The number of carbonyl (C=O) groups is 1. The zero-order valence-corrected chi connectivity index (χ0v) is 15.5. The Hall–Kier alpha value is -1.87. The lowest BCUT2D eigenvalue weighted by atomic mass is 10.1. The molecule has 0 spiro atoms. The Morgan fingerprint density at radius 3 is 2.32 bits per heavy atom. The Morgan fingerprint density at radius 2 is 1.60 bits per heavy atom. The largest absolute Gasteiger partial charge is 0.481 e. The molecule has 0 aliphatic rings. The van der Waals surface area contributed by atoms with Crippen molar-refractivity contribution in [2.75, 3.05) is 0 Å². The number of aliphatic hydroxyl groups excluding tert-OH is 1. The Labute approximate surface area is 153 Å².